The zero-order valence-electron chi connectivity index (χ0n) is 39.2. The fraction of sp³-hybridized carbons (Fsp3) is 0.429. The quantitative estimate of drug-likeness (QED) is 0.0633. The number of imidazole rings is 1. The number of imide groups is 1. The van der Waals surface area contributed by atoms with Gasteiger partial charge in [0.1, 0.15) is 11.1 Å². The highest BCUT2D eigenvalue weighted by molar-refractivity contribution is 7.88. The second-order valence-electron chi connectivity index (χ2n) is 19.1. The van der Waals surface area contributed by atoms with Gasteiger partial charge in [-0.15, -0.1) is 11.3 Å². The van der Waals surface area contributed by atoms with Crippen molar-refractivity contribution in [1.82, 2.24) is 23.7 Å². The van der Waals surface area contributed by atoms with Crippen LogP contribution in [0.3, 0.4) is 0 Å². The maximum Gasteiger partial charge on any atom is 0.349 e. The van der Waals surface area contributed by atoms with Gasteiger partial charge in [0.2, 0.25) is 27.7 Å². The minimum atomic E-state index is -3.80. The van der Waals surface area contributed by atoms with E-state index in [4.69, 9.17) is 21.4 Å². The lowest BCUT2D eigenvalue weighted by Crippen LogP contribution is -2.55. The number of likely N-dealkylation sites (tertiary alicyclic amines) is 1. The molecule has 0 bridgehead atoms. The van der Waals surface area contributed by atoms with Crippen molar-refractivity contribution < 1.29 is 47.3 Å². The molecule has 1 unspecified atom stereocenters. The van der Waals surface area contributed by atoms with Crippen LogP contribution in [-0.4, -0.2) is 111 Å². The first kappa shape index (κ1) is 50.3. The second kappa shape index (κ2) is 20.3. The summed E-state index contributed by atoms with van der Waals surface area (Å²) in [5.74, 6) is -3.86. The van der Waals surface area contributed by atoms with E-state index >= 15 is 0 Å². The molecule has 8 rings (SSSR count). The number of benzene rings is 3. The average Bonchev–Trinajstić information content (AvgIpc) is 3.77. The van der Waals surface area contributed by atoms with Crippen molar-refractivity contribution in [3.63, 3.8) is 0 Å². The smallest absolute Gasteiger partial charge is 0.349 e. The fourth-order valence-corrected chi connectivity index (χ4v) is 13.5. The summed E-state index contributed by atoms with van der Waals surface area (Å²) in [6.45, 7) is 8.64. The molecule has 3 fully saturated rings. The molecular weight excluding hydrogens is 962 g/mol. The lowest BCUT2D eigenvalue weighted by molar-refractivity contribution is -0.139. The van der Waals surface area contributed by atoms with Crippen LogP contribution in [-0.2, 0) is 35.0 Å². The highest BCUT2D eigenvalue weighted by Gasteiger charge is 2.42. The number of aromatic carboxylic acids is 1. The zero-order valence-corrected chi connectivity index (χ0v) is 41.6. The molecule has 372 valence electrons. The second-order valence-corrected chi connectivity index (χ2v) is 22.4. The third kappa shape index (κ3) is 10.8. The van der Waals surface area contributed by atoms with Crippen molar-refractivity contribution in [2.24, 2.45) is 0 Å². The molecule has 3 aliphatic heterocycles. The number of rotatable bonds is 16. The number of hydrogen-bond acceptors (Lipinski definition) is 12. The molecule has 3 aromatic carbocycles. The van der Waals surface area contributed by atoms with Crippen LogP contribution in [0.15, 0.2) is 71.5 Å². The van der Waals surface area contributed by atoms with Crippen molar-refractivity contribution in [3.05, 3.63) is 98.2 Å². The molecule has 5 N–H and O–H groups in total. The number of sulfonamides is 1. The lowest BCUT2D eigenvalue weighted by atomic mass is 9.89. The van der Waals surface area contributed by atoms with Crippen molar-refractivity contribution in [1.29, 1.82) is 0 Å². The molecule has 0 aliphatic carbocycles. The van der Waals surface area contributed by atoms with Gasteiger partial charge in [-0.25, -0.2) is 22.8 Å². The maximum atomic E-state index is 14.0. The zero-order chi connectivity index (χ0) is 50.2. The van der Waals surface area contributed by atoms with Gasteiger partial charge >= 0.3 is 17.6 Å². The summed E-state index contributed by atoms with van der Waals surface area (Å²) >= 11 is 7.41. The summed E-state index contributed by atoms with van der Waals surface area (Å²) in [7, 11) is -3.80. The van der Waals surface area contributed by atoms with E-state index < -0.39 is 46.1 Å². The topological polar surface area (TPSA) is 239 Å². The van der Waals surface area contributed by atoms with Crippen LogP contribution in [0.4, 0.5) is 11.4 Å². The molecule has 70 heavy (non-hydrogen) atoms. The first-order valence-corrected chi connectivity index (χ1v) is 26.0. The van der Waals surface area contributed by atoms with E-state index in [-0.39, 0.29) is 82.8 Å². The SMILES string of the molecule is CC(C)n1c(=O)n(C2CCC(=O)NC2=O)c2ccc(C3CCN(CC(=O)Nc4cccc(CS(=O)(=O)N5CC[C@H](Nc6cccc(-c7sc(C(=O)O)c(OCC(=O)O)c7Cl)c6)CC5(C)C)c4)CC3)cc21. The predicted molar refractivity (Wildman–Crippen MR) is 266 cm³/mol. The molecule has 18 nitrogen and oxygen atoms in total. The number of piperidine rings is 3. The number of amides is 3. The molecule has 0 saturated carbocycles. The third-order valence-electron chi connectivity index (χ3n) is 13.2. The number of nitrogens with one attached hydrogen (secondary N) is 3. The summed E-state index contributed by atoms with van der Waals surface area (Å²) < 4.78 is 38.1. The third-order valence-corrected chi connectivity index (χ3v) is 17.0. The Hall–Kier alpha value is -6.06. The van der Waals surface area contributed by atoms with Crippen molar-refractivity contribution >= 4 is 85.0 Å². The van der Waals surface area contributed by atoms with Gasteiger partial charge < -0.3 is 25.6 Å². The normalized spacial score (nSPS) is 19.3. The van der Waals surface area contributed by atoms with E-state index in [1.165, 1.54) is 4.57 Å². The number of halogens is 1. The van der Waals surface area contributed by atoms with Crippen LogP contribution in [0.2, 0.25) is 5.02 Å². The van der Waals surface area contributed by atoms with E-state index in [1.54, 1.807) is 51.3 Å². The summed E-state index contributed by atoms with van der Waals surface area (Å²) in [5.41, 5.74) is 3.77. The molecular formula is C49H56ClN7O11S2. The summed E-state index contributed by atoms with van der Waals surface area (Å²) in [6, 6.07) is 19.0. The standard InChI is InChI=1S/C49H56ClN7O11S2/c1-28(2)56-38-23-31(11-12-36(38)57(48(56)65)37-13-14-39(58)53-46(37)62)30-15-18-54(19-16-30)25-40(59)52-33-9-5-7-29(21-33)27-70(66,67)55-20-17-35(24-49(55,3)4)51-34-10-6-8-32(22-34)44-42(50)43(68-26-41(60)61)45(69-44)47(63)64/h5-12,21-23,28,30,35,37,51H,13-20,24-27H2,1-4H3,(H,52,59)(H,60,61)(H,63,64)(H,53,58,62)/t35-,37?/m0/s1. The van der Waals surface area contributed by atoms with Gasteiger partial charge in [0, 0.05) is 42.0 Å². The number of carboxylic acid groups (broad SMARTS) is 2. The number of carboxylic acids is 2. The first-order chi connectivity index (χ1) is 33.2. The number of fused-ring (bicyclic) bond motifs is 1. The molecule has 5 heterocycles. The molecule has 0 spiro atoms. The number of anilines is 2. The van der Waals surface area contributed by atoms with Gasteiger partial charge in [0.25, 0.3) is 0 Å². The summed E-state index contributed by atoms with van der Waals surface area (Å²) in [6.07, 6.45) is 3.00. The minimum Gasteiger partial charge on any atom is -0.479 e. The number of carbonyl (C=O) groups excluding carboxylic acids is 3. The van der Waals surface area contributed by atoms with E-state index in [0.29, 0.717) is 58.8 Å². The number of aromatic nitrogens is 2. The molecule has 2 aromatic heterocycles. The van der Waals surface area contributed by atoms with E-state index in [0.717, 1.165) is 35.3 Å². The van der Waals surface area contributed by atoms with Gasteiger partial charge in [-0.1, -0.05) is 41.9 Å². The van der Waals surface area contributed by atoms with Crippen molar-refractivity contribution in [2.45, 2.75) is 102 Å². The van der Waals surface area contributed by atoms with E-state index in [1.807, 2.05) is 52.0 Å². The Morgan fingerprint density at radius 3 is 2.34 bits per heavy atom. The lowest BCUT2D eigenvalue weighted by Gasteiger charge is -2.45. The van der Waals surface area contributed by atoms with Crippen molar-refractivity contribution in [2.75, 3.05) is 43.4 Å². The fourth-order valence-electron chi connectivity index (χ4n) is 10.1. The Labute approximate surface area is 413 Å². The number of nitrogens with zero attached hydrogens (tertiary/aromatic N) is 4. The Morgan fingerprint density at radius 1 is 0.929 bits per heavy atom. The minimum absolute atomic E-state index is 0.00147. The van der Waals surface area contributed by atoms with E-state index in [2.05, 4.69) is 20.9 Å². The Morgan fingerprint density at radius 2 is 1.66 bits per heavy atom. The summed E-state index contributed by atoms with van der Waals surface area (Å²) in [5, 5.41) is 27.6. The largest absolute Gasteiger partial charge is 0.479 e. The molecule has 3 amide bonds. The Kier molecular flexibility index (Phi) is 14.6. The Bertz CT molecular complexity index is 3050. The molecule has 3 aliphatic rings. The van der Waals surface area contributed by atoms with Crippen LogP contribution in [0.1, 0.15) is 105 Å². The molecule has 0 radical (unpaired) electrons. The van der Waals surface area contributed by atoms with E-state index in [9.17, 15) is 42.3 Å². The first-order valence-electron chi connectivity index (χ1n) is 23.2. The van der Waals surface area contributed by atoms with Gasteiger partial charge in [0.05, 0.1) is 28.2 Å². The molecule has 21 heteroatoms. The number of thiophene rings is 1. The number of aliphatic carboxylic acids is 1. The monoisotopic (exact) mass is 1020 g/mol. The van der Waals surface area contributed by atoms with Gasteiger partial charge in [-0.3, -0.25) is 33.7 Å². The molecule has 5 aromatic rings. The van der Waals surface area contributed by atoms with Gasteiger partial charge in [0.15, 0.2) is 17.2 Å². The van der Waals surface area contributed by atoms with Crippen molar-refractivity contribution in [3.8, 4) is 16.2 Å². The van der Waals surface area contributed by atoms with Crippen LogP contribution < -0.4 is 26.4 Å². The van der Waals surface area contributed by atoms with Crippen LogP contribution >= 0.6 is 22.9 Å². The molecule has 3 saturated heterocycles. The van der Waals surface area contributed by atoms with Crippen LogP contribution in [0.25, 0.3) is 21.5 Å². The van der Waals surface area contributed by atoms with Crippen LogP contribution in [0.5, 0.6) is 5.75 Å². The highest BCUT2D eigenvalue weighted by atomic mass is 35.5. The number of carbonyl (C=O) groups is 5. The number of hydrogen-bond donors (Lipinski definition) is 5. The predicted octanol–water partition coefficient (Wildman–Crippen LogP) is 6.91. The maximum absolute atomic E-state index is 14.0. The Balaban J connectivity index is 0.847. The average molecular weight is 1020 g/mol. The number of ether oxygens (including phenoxy) is 1. The van der Waals surface area contributed by atoms with Gasteiger partial charge in [-0.05, 0) is 132 Å². The van der Waals surface area contributed by atoms with Crippen LogP contribution in [0, 0.1) is 0 Å². The summed E-state index contributed by atoms with van der Waals surface area (Å²) in [4.78, 5) is 77.0. The van der Waals surface area contributed by atoms with Gasteiger partial charge in [-0.2, -0.15) is 4.31 Å². The highest BCUT2D eigenvalue weighted by Crippen LogP contribution is 2.46. The molecule has 2 atom stereocenters.